The Kier molecular flexibility index (Phi) is 5.22. The van der Waals surface area contributed by atoms with E-state index in [0.29, 0.717) is 28.0 Å². The third-order valence-electron chi connectivity index (χ3n) is 4.36. The second-order valence-electron chi connectivity index (χ2n) is 6.37. The highest BCUT2D eigenvalue weighted by molar-refractivity contribution is 7.99. The number of rotatable bonds is 6. The predicted molar refractivity (Wildman–Crippen MR) is 113 cm³/mol. The van der Waals surface area contributed by atoms with Gasteiger partial charge in [-0.3, -0.25) is 4.79 Å². The number of thioether (sulfide) groups is 1. The quantitative estimate of drug-likeness (QED) is 0.469. The first kappa shape index (κ1) is 19.0. The predicted octanol–water partition coefficient (Wildman–Crippen LogP) is 3.56. The molecule has 4 rings (SSSR count). The normalized spacial score (nSPS) is 11.0. The molecule has 2 aromatic carbocycles. The van der Waals surface area contributed by atoms with Crippen molar-refractivity contribution in [1.29, 1.82) is 0 Å². The van der Waals surface area contributed by atoms with E-state index in [2.05, 4.69) is 25.5 Å². The average molecular weight is 409 g/mol. The van der Waals surface area contributed by atoms with Gasteiger partial charge in [-0.1, -0.05) is 23.4 Å². The minimum atomic E-state index is -0.211. The van der Waals surface area contributed by atoms with Crippen molar-refractivity contribution in [2.45, 2.75) is 12.1 Å². The standard InChI is InChI=1S/C20H19N5O3S/c1-11-4-6-14-13(8-11)18-19(22-14)23-20(25-24-18)29-10-17(26)21-15-9-12(27-2)5-7-16(15)28-3/h4-9H,10H2,1-3H3,(H,21,26)(H,22,23,25). The first-order valence-electron chi connectivity index (χ1n) is 8.85. The molecule has 8 nitrogen and oxygen atoms in total. The van der Waals surface area contributed by atoms with Crippen molar-refractivity contribution in [1.82, 2.24) is 20.2 Å². The lowest BCUT2D eigenvalue weighted by atomic mass is 10.2. The van der Waals surface area contributed by atoms with Gasteiger partial charge in [-0.25, -0.2) is 4.98 Å². The zero-order chi connectivity index (χ0) is 20.4. The number of amides is 1. The van der Waals surface area contributed by atoms with Crippen molar-refractivity contribution in [3.8, 4) is 11.5 Å². The van der Waals surface area contributed by atoms with E-state index < -0.39 is 0 Å². The lowest BCUT2D eigenvalue weighted by molar-refractivity contribution is -0.113. The second kappa shape index (κ2) is 7.96. The van der Waals surface area contributed by atoms with E-state index >= 15 is 0 Å². The van der Waals surface area contributed by atoms with Gasteiger partial charge in [0, 0.05) is 17.0 Å². The summed E-state index contributed by atoms with van der Waals surface area (Å²) in [6.45, 7) is 2.03. The van der Waals surface area contributed by atoms with Gasteiger partial charge in [-0.15, -0.1) is 10.2 Å². The molecule has 148 valence electrons. The second-order valence-corrected chi connectivity index (χ2v) is 7.31. The fourth-order valence-corrected chi connectivity index (χ4v) is 3.55. The Balaban J connectivity index is 1.48. The molecule has 0 saturated carbocycles. The van der Waals surface area contributed by atoms with Crippen LogP contribution in [-0.2, 0) is 4.79 Å². The molecule has 0 aliphatic carbocycles. The minimum Gasteiger partial charge on any atom is -0.497 e. The number of aryl methyl sites for hydroxylation is 1. The number of nitrogens with one attached hydrogen (secondary N) is 2. The van der Waals surface area contributed by atoms with E-state index in [1.54, 1.807) is 32.4 Å². The van der Waals surface area contributed by atoms with E-state index in [-0.39, 0.29) is 11.7 Å². The Morgan fingerprint density at radius 1 is 1.14 bits per heavy atom. The summed E-state index contributed by atoms with van der Waals surface area (Å²) in [5, 5.41) is 12.7. The molecule has 0 saturated heterocycles. The lowest BCUT2D eigenvalue weighted by Crippen LogP contribution is -2.15. The van der Waals surface area contributed by atoms with Crippen molar-refractivity contribution >= 4 is 45.4 Å². The summed E-state index contributed by atoms with van der Waals surface area (Å²) >= 11 is 1.21. The van der Waals surface area contributed by atoms with Crippen LogP contribution in [0.5, 0.6) is 11.5 Å². The van der Waals surface area contributed by atoms with Gasteiger partial charge in [-0.2, -0.15) is 0 Å². The molecular weight excluding hydrogens is 390 g/mol. The highest BCUT2D eigenvalue weighted by Crippen LogP contribution is 2.29. The van der Waals surface area contributed by atoms with Crippen LogP contribution < -0.4 is 14.8 Å². The van der Waals surface area contributed by atoms with Crippen LogP contribution in [0.4, 0.5) is 5.69 Å². The van der Waals surface area contributed by atoms with Gasteiger partial charge >= 0.3 is 0 Å². The summed E-state index contributed by atoms with van der Waals surface area (Å²) in [4.78, 5) is 20.1. The summed E-state index contributed by atoms with van der Waals surface area (Å²) in [6.07, 6.45) is 0. The van der Waals surface area contributed by atoms with Crippen molar-refractivity contribution in [3.05, 3.63) is 42.0 Å². The summed E-state index contributed by atoms with van der Waals surface area (Å²) in [5.74, 6) is 1.10. The van der Waals surface area contributed by atoms with Gasteiger partial charge < -0.3 is 19.8 Å². The fraction of sp³-hybridized carbons (Fsp3) is 0.200. The number of methoxy groups -OCH3 is 2. The van der Waals surface area contributed by atoms with Gasteiger partial charge in [0.25, 0.3) is 0 Å². The molecule has 29 heavy (non-hydrogen) atoms. The molecule has 0 bridgehead atoms. The van der Waals surface area contributed by atoms with Gasteiger partial charge in [-0.05, 0) is 31.2 Å². The van der Waals surface area contributed by atoms with Crippen LogP contribution in [0.15, 0.2) is 41.6 Å². The van der Waals surface area contributed by atoms with E-state index in [9.17, 15) is 4.79 Å². The summed E-state index contributed by atoms with van der Waals surface area (Å²) in [5.41, 5.74) is 4.01. The Hall–Kier alpha value is -3.33. The van der Waals surface area contributed by atoms with Crippen molar-refractivity contribution in [2.75, 3.05) is 25.3 Å². The molecule has 1 amide bonds. The molecular formula is C20H19N5O3S. The number of carbonyl (C=O) groups excluding carboxylic acids is 1. The van der Waals surface area contributed by atoms with Gasteiger partial charge in [0.2, 0.25) is 11.1 Å². The van der Waals surface area contributed by atoms with Crippen LogP contribution in [0.1, 0.15) is 5.56 Å². The van der Waals surface area contributed by atoms with Crippen LogP contribution >= 0.6 is 11.8 Å². The maximum atomic E-state index is 12.4. The minimum absolute atomic E-state index is 0.132. The maximum absolute atomic E-state index is 12.4. The van der Waals surface area contributed by atoms with E-state index in [1.807, 2.05) is 25.1 Å². The van der Waals surface area contributed by atoms with Gasteiger partial charge in [0.15, 0.2) is 5.65 Å². The van der Waals surface area contributed by atoms with Crippen LogP contribution in [0, 0.1) is 6.92 Å². The number of anilines is 1. The zero-order valence-electron chi connectivity index (χ0n) is 16.1. The third-order valence-corrected chi connectivity index (χ3v) is 5.20. The average Bonchev–Trinajstić information content (AvgIpc) is 3.09. The summed E-state index contributed by atoms with van der Waals surface area (Å²) in [6, 6.07) is 11.3. The lowest BCUT2D eigenvalue weighted by Gasteiger charge is -2.11. The largest absolute Gasteiger partial charge is 0.497 e. The molecule has 2 N–H and O–H groups in total. The van der Waals surface area contributed by atoms with Crippen molar-refractivity contribution in [3.63, 3.8) is 0 Å². The smallest absolute Gasteiger partial charge is 0.234 e. The van der Waals surface area contributed by atoms with E-state index in [0.717, 1.165) is 22.0 Å². The number of H-pyrrole nitrogens is 1. The number of hydrogen-bond acceptors (Lipinski definition) is 7. The van der Waals surface area contributed by atoms with Crippen LogP contribution in [-0.4, -0.2) is 46.0 Å². The molecule has 0 aliphatic rings. The van der Waals surface area contributed by atoms with Gasteiger partial charge in [0.1, 0.15) is 17.0 Å². The number of fused-ring (bicyclic) bond motifs is 3. The summed E-state index contributed by atoms with van der Waals surface area (Å²) < 4.78 is 10.5. The fourth-order valence-electron chi connectivity index (χ4n) is 2.96. The topological polar surface area (TPSA) is 102 Å². The number of nitrogens with zero attached hydrogens (tertiary/aromatic N) is 3. The van der Waals surface area contributed by atoms with Gasteiger partial charge in [0.05, 0.1) is 25.7 Å². The van der Waals surface area contributed by atoms with Crippen LogP contribution in [0.2, 0.25) is 0 Å². The number of ether oxygens (including phenoxy) is 2. The summed E-state index contributed by atoms with van der Waals surface area (Å²) in [7, 11) is 3.11. The number of aromatic amines is 1. The molecule has 0 radical (unpaired) electrons. The molecule has 9 heteroatoms. The molecule has 4 aromatic rings. The van der Waals surface area contributed by atoms with Crippen LogP contribution in [0.3, 0.4) is 0 Å². The molecule has 0 atom stereocenters. The molecule has 0 spiro atoms. The zero-order valence-corrected chi connectivity index (χ0v) is 17.0. The first-order chi connectivity index (χ1) is 14.1. The molecule has 2 aromatic heterocycles. The SMILES string of the molecule is COc1ccc(OC)c(NC(=O)CSc2nnc3c(n2)[nH]c2ccc(C)cc23)c1. The Labute approximate surface area is 171 Å². The first-order valence-corrected chi connectivity index (χ1v) is 9.83. The molecule has 0 fully saturated rings. The molecule has 0 unspecified atom stereocenters. The Morgan fingerprint density at radius 3 is 2.79 bits per heavy atom. The molecule has 2 heterocycles. The van der Waals surface area contributed by atoms with Crippen molar-refractivity contribution in [2.24, 2.45) is 0 Å². The monoisotopic (exact) mass is 409 g/mol. The number of benzene rings is 2. The van der Waals surface area contributed by atoms with E-state index in [4.69, 9.17) is 9.47 Å². The highest BCUT2D eigenvalue weighted by Gasteiger charge is 2.13. The van der Waals surface area contributed by atoms with Crippen molar-refractivity contribution < 1.29 is 14.3 Å². The number of aromatic nitrogens is 4. The maximum Gasteiger partial charge on any atom is 0.234 e. The molecule has 0 aliphatic heterocycles. The Morgan fingerprint density at radius 2 is 2.00 bits per heavy atom. The third kappa shape index (κ3) is 3.95. The number of carbonyl (C=O) groups is 1. The Bertz CT molecular complexity index is 1210. The van der Waals surface area contributed by atoms with E-state index in [1.165, 1.54) is 11.8 Å². The highest BCUT2D eigenvalue weighted by atomic mass is 32.2. The number of hydrogen-bond donors (Lipinski definition) is 2. The van der Waals surface area contributed by atoms with Crippen LogP contribution in [0.25, 0.3) is 22.1 Å².